The van der Waals surface area contributed by atoms with Crippen LogP contribution in [0.25, 0.3) is 0 Å². The Kier molecular flexibility index (Phi) is 8.26. The summed E-state index contributed by atoms with van der Waals surface area (Å²) in [5.74, 6) is 0.236. The molecule has 0 aliphatic carbocycles. The van der Waals surface area contributed by atoms with Gasteiger partial charge in [-0.25, -0.2) is 9.78 Å². The van der Waals surface area contributed by atoms with E-state index in [9.17, 15) is 9.59 Å². The summed E-state index contributed by atoms with van der Waals surface area (Å²) in [6.45, 7) is 5.73. The number of carbonyl (C=O) groups excluding carboxylic acids is 2. The number of hydrogen-bond donors (Lipinski definition) is 2. The number of ether oxygens (including phenoxy) is 1. The molecule has 166 valence electrons. The normalized spacial score (nSPS) is 14.2. The number of aromatic nitrogens is 1. The summed E-state index contributed by atoms with van der Waals surface area (Å²) < 4.78 is 4.90. The zero-order valence-electron chi connectivity index (χ0n) is 18.0. The molecule has 0 atom stereocenters. The highest BCUT2D eigenvalue weighted by molar-refractivity contribution is 6.30. The molecule has 0 unspecified atom stereocenters. The third-order valence-corrected chi connectivity index (χ3v) is 5.63. The summed E-state index contributed by atoms with van der Waals surface area (Å²) in [5, 5.41) is 6.72. The molecule has 1 amide bonds. The Hall–Kier alpha value is -2.64. The molecule has 1 aromatic heterocycles. The molecule has 31 heavy (non-hydrogen) atoms. The zero-order valence-corrected chi connectivity index (χ0v) is 18.7. The molecular formula is C23H29ClN4O3. The molecule has 0 bridgehead atoms. The molecular weight excluding hydrogens is 416 g/mol. The number of amides is 1. The molecule has 0 saturated carbocycles. The van der Waals surface area contributed by atoms with Crippen molar-refractivity contribution >= 4 is 35.0 Å². The predicted molar refractivity (Wildman–Crippen MR) is 123 cm³/mol. The zero-order chi connectivity index (χ0) is 22.2. The highest BCUT2D eigenvalue weighted by atomic mass is 35.5. The average Bonchev–Trinajstić information content (AvgIpc) is 2.80. The van der Waals surface area contributed by atoms with E-state index in [1.807, 2.05) is 0 Å². The van der Waals surface area contributed by atoms with Gasteiger partial charge in [0.25, 0.3) is 5.91 Å². The van der Waals surface area contributed by atoms with Gasteiger partial charge in [-0.15, -0.1) is 0 Å². The minimum atomic E-state index is -0.425. The van der Waals surface area contributed by atoms with Crippen molar-refractivity contribution in [2.75, 3.05) is 43.5 Å². The first-order valence-electron chi connectivity index (χ1n) is 10.6. The molecule has 8 heteroatoms. The van der Waals surface area contributed by atoms with Gasteiger partial charge in [-0.3, -0.25) is 4.79 Å². The number of carbonyl (C=O) groups is 2. The Morgan fingerprint density at radius 1 is 1.26 bits per heavy atom. The summed E-state index contributed by atoms with van der Waals surface area (Å²) in [5.41, 5.74) is 1.65. The van der Waals surface area contributed by atoms with Crippen molar-refractivity contribution in [3.8, 4) is 0 Å². The number of benzene rings is 1. The monoisotopic (exact) mass is 444 g/mol. The lowest BCUT2D eigenvalue weighted by Gasteiger charge is -2.32. The van der Waals surface area contributed by atoms with Gasteiger partial charge in [-0.2, -0.15) is 0 Å². The van der Waals surface area contributed by atoms with Gasteiger partial charge in [0.2, 0.25) is 0 Å². The molecule has 2 heterocycles. The molecule has 1 saturated heterocycles. The van der Waals surface area contributed by atoms with Crippen LogP contribution < -0.4 is 15.5 Å². The third kappa shape index (κ3) is 6.18. The van der Waals surface area contributed by atoms with E-state index in [4.69, 9.17) is 16.3 Å². The molecule has 3 rings (SSSR count). The van der Waals surface area contributed by atoms with Crippen molar-refractivity contribution in [2.45, 2.75) is 26.2 Å². The van der Waals surface area contributed by atoms with Crippen molar-refractivity contribution in [3.63, 3.8) is 0 Å². The van der Waals surface area contributed by atoms with Crippen molar-refractivity contribution in [2.24, 2.45) is 5.92 Å². The fourth-order valence-corrected chi connectivity index (χ4v) is 3.93. The standard InChI is InChI=1S/C23H29ClN4O3/c1-3-12-28(15-16-8-10-25-11-9-16)20-13-17(23(30)31-2)4-6-19(20)22(29)27-21-7-5-18(24)14-26-21/h4-7,13-14,16,25H,3,8-12,15H2,1-2H3,(H,26,27,29). The van der Waals surface area contributed by atoms with Gasteiger partial charge in [0.1, 0.15) is 5.82 Å². The number of nitrogens with zero attached hydrogens (tertiary/aromatic N) is 2. The first-order chi connectivity index (χ1) is 15.0. The molecule has 1 aromatic carbocycles. The number of piperidine rings is 1. The van der Waals surface area contributed by atoms with Crippen LogP contribution in [0, 0.1) is 5.92 Å². The summed E-state index contributed by atoms with van der Waals surface area (Å²) in [7, 11) is 1.35. The Bertz CT molecular complexity index is 898. The van der Waals surface area contributed by atoms with Crippen LogP contribution >= 0.6 is 11.6 Å². The highest BCUT2D eigenvalue weighted by Crippen LogP contribution is 2.27. The van der Waals surface area contributed by atoms with Gasteiger partial charge in [0, 0.05) is 19.3 Å². The lowest BCUT2D eigenvalue weighted by molar-refractivity contribution is 0.0600. The van der Waals surface area contributed by atoms with E-state index in [-0.39, 0.29) is 5.91 Å². The number of methoxy groups -OCH3 is 1. The number of hydrogen-bond acceptors (Lipinski definition) is 6. The van der Waals surface area contributed by atoms with Gasteiger partial charge in [0.05, 0.1) is 28.9 Å². The molecule has 1 aliphatic heterocycles. The maximum Gasteiger partial charge on any atom is 0.337 e. The van der Waals surface area contributed by atoms with E-state index < -0.39 is 5.97 Å². The smallest absolute Gasteiger partial charge is 0.337 e. The number of anilines is 2. The maximum atomic E-state index is 13.1. The van der Waals surface area contributed by atoms with Crippen LogP contribution in [0.15, 0.2) is 36.5 Å². The van der Waals surface area contributed by atoms with E-state index in [0.717, 1.165) is 51.1 Å². The van der Waals surface area contributed by atoms with Crippen LogP contribution in [0.2, 0.25) is 5.02 Å². The molecule has 2 N–H and O–H groups in total. The van der Waals surface area contributed by atoms with E-state index in [2.05, 4.69) is 27.4 Å². The third-order valence-electron chi connectivity index (χ3n) is 5.40. The highest BCUT2D eigenvalue weighted by Gasteiger charge is 2.23. The summed E-state index contributed by atoms with van der Waals surface area (Å²) >= 11 is 5.89. The quantitative estimate of drug-likeness (QED) is 0.599. The van der Waals surface area contributed by atoms with Crippen LogP contribution in [0.3, 0.4) is 0 Å². The topological polar surface area (TPSA) is 83.6 Å². The fourth-order valence-electron chi connectivity index (χ4n) is 3.82. The molecule has 0 spiro atoms. The van der Waals surface area contributed by atoms with Crippen LogP contribution in [0.1, 0.15) is 46.9 Å². The van der Waals surface area contributed by atoms with E-state index in [1.54, 1.807) is 30.3 Å². The summed E-state index contributed by atoms with van der Waals surface area (Å²) in [6, 6.07) is 8.38. The van der Waals surface area contributed by atoms with Gasteiger partial charge < -0.3 is 20.3 Å². The van der Waals surface area contributed by atoms with Crippen molar-refractivity contribution in [3.05, 3.63) is 52.7 Å². The second kappa shape index (κ2) is 11.1. The molecule has 1 aliphatic rings. The van der Waals surface area contributed by atoms with Crippen LogP contribution in [-0.4, -0.2) is 50.1 Å². The van der Waals surface area contributed by atoms with E-state index >= 15 is 0 Å². The number of rotatable bonds is 8. The molecule has 1 fully saturated rings. The largest absolute Gasteiger partial charge is 0.465 e. The van der Waals surface area contributed by atoms with Gasteiger partial charge in [-0.1, -0.05) is 18.5 Å². The number of nitrogens with one attached hydrogen (secondary N) is 2. The summed E-state index contributed by atoms with van der Waals surface area (Å²) in [6.07, 6.45) is 4.59. The van der Waals surface area contributed by atoms with Gasteiger partial charge >= 0.3 is 5.97 Å². The van der Waals surface area contributed by atoms with Crippen LogP contribution in [0.5, 0.6) is 0 Å². The van der Waals surface area contributed by atoms with Crippen molar-refractivity contribution < 1.29 is 14.3 Å². The lowest BCUT2D eigenvalue weighted by atomic mass is 9.96. The lowest BCUT2D eigenvalue weighted by Crippen LogP contribution is -2.37. The number of esters is 1. The van der Waals surface area contributed by atoms with Crippen molar-refractivity contribution in [1.82, 2.24) is 10.3 Å². The van der Waals surface area contributed by atoms with Crippen LogP contribution in [-0.2, 0) is 4.74 Å². The Morgan fingerprint density at radius 3 is 2.68 bits per heavy atom. The maximum absolute atomic E-state index is 13.1. The number of pyridine rings is 1. The minimum Gasteiger partial charge on any atom is -0.465 e. The Balaban J connectivity index is 1.93. The second-order valence-corrected chi connectivity index (χ2v) is 8.12. The van der Waals surface area contributed by atoms with Gasteiger partial charge in [0.15, 0.2) is 0 Å². The predicted octanol–water partition coefficient (Wildman–Crippen LogP) is 3.99. The summed E-state index contributed by atoms with van der Waals surface area (Å²) in [4.78, 5) is 31.7. The number of halogens is 1. The van der Waals surface area contributed by atoms with Crippen molar-refractivity contribution in [1.29, 1.82) is 0 Å². The van der Waals surface area contributed by atoms with Crippen LogP contribution in [0.4, 0.5) is 11.5 Å². The minimum absolute atomic E-state index is 0.285. The first kappa shape index (κ1) is 23.0. The SMILES string of the molecule is CCCN(CC1CCNCC1)c1cc(C(=O)OC)ccc1C(=O)Nc1ccc(Cl)cn1. The molecule has 0 radical (unpaired) electrons. The molecule has 7 nitrogen and oxygen atoms in total. The Morgan fingerprint density at radius 2 is 2.03 bits per heavy atom. The fraction of sp³-hybridized carbons (Fsp3) is 0.435. The average molecular weight is 445 g/mol. The Labute approximate surface area is 188 Å². The van der Waals surface area contributed by atoms with E-state index in [1.165, 1.54) is 13.3 Å². The van der Waals surface area contributed by atoms with E-state index in [0.29, 0.717) is 27.9 Å². The molecule has 2 aromatic rings. The first-order valence-corrected chi connectivity index (χ1v) is 11.0. The second-order valence-electron chi connectivity index (χ2n) is 7.68. The van der Waals surface area contributed by atoms with Gasteiger partial charge in [-0.05, 0) is 68.6 Å².